The highest BCUT2D eigenvalue weighted by Gasteiger charge is 2.31. The summed E-state index contributed by atoms with van der Waals surface area (Å²) in [6, 6.07) is 9.44. The summed E-state index contributed by atoms with van der Waals surface area (Å²) in [6.07, 6.45) is 8.04. The molecule has 1 aromatic carbocycles. The van der Waals surface area contributed by atoms with Gasteiger partial charge in [-0.1, -0.05) is 38.1 Å². The van der Waals surface area contributed by atoms with E-state index in [9.17, 15) is 0 Å². The molecule has 0 fully saturated rings. The summed E-state index contributed by atoms with van der Waals surface area (Å²) < 4.78 is 5.49. The van der Waals surface area contributed by atoms with Gasteiger partial charge in [0.15, 0.2) is 11.7 Å². The Balaban J connectivity index is 2.27. The molecule has 0 spiro atoms. The second kappa shape index (κ2) is 5.20. The molecule has 3 heterocycles. The lowest BCUT2D eigenvalue weighted by Crippen LogP contribution is -2.46. The summed E-state index contributed by atoms with van der Waals surface area (Å²) in [5, 5.41) is 2.94. The van der Waals surface area contributed by atoms with Crippen LogP contribution < -0.4 is 4.57 Å². The third-order valence-corrected chi connectivity index (χ3v) is 6.10. The largest absolute Gasteiger partial charge is 0.223 e. The summed E-state index contributed by atoms with van der Waals surface area (Å²) in [6.45, 7) is 6.95. The standard InChI is InChI=1S/C20H22NS/c1-4-14-16(5-2)21-13(3)9-8-11-17(21)20-19(14)15-10-6-7-12-18(15)22-20/h6-8,10-13H,4-5,9H2,1-3H3/q+1. The maximum atomic E-state index is 2.61. The molecular weight excluding hydrogens is 286 g/mol. The molecule has 1 unspecified atom stereocenters. The molecule has 0 amide bonds. The van der Waals surface area contributed by atoms with E-state index in [4.69, 9.17) is 0 Å². The number of hydrogen-bond donors (Lipinski definition) is 0. The SMILES string of the molecule is CCc1c(CC)[n+]2c(c3sc4ccccc4c13)C=CCC2C. The van der Waals surface area contributed by atoms with Crippen LogP contribution in [0.5, 0.6) is 0 Å². The van der Waals surface area contributed by atoms with E-state index in [0.717, 1.165) is 19.3 Å². The van der Waals surface area contributed by atoms with Crippen LogP contribution in [0.2, 0.25) is 0 Å². The van der Waals surface area contributed by atoms with Gasteiger partial charge in [-0.2, -0.15) is 4.57 Å². The molecule has 3 aromatic rings. The first kappa shape index (κ1) is 14.0. The molecule has 1 aliphatic rings. The minimum Gasteiger partial charge on any atom is -0.192 e. The molecule has 0 bridgehead atoms. The van der Waals surface area contributed by atoms with E-state index in [-0.39, 0.29) is 0 Å². The van der Waals surface area contributed by atoms with Gasteiger partial charge in [0.1, 0.15) is 4.70 Å². The number of allylic oxidation sites excluding steroid dienone is 1. The fraction of sp³-hybridized carbons (Fsp3) is 0.350. The Morgan fingerprint density at radius 3 is 2.77 bits per heavy atom. The fourth-order valence-corrected chi connectivity index (χ4v) is 5.23. The van der Waals surface area contributed by atoms with Crippen LogP contribution in [-0.2, 0) is 12.8 Å². The first-order valence-electron chi connectivity index (χ1n) is 8.33. The molecule has 2 heteroatoms. The van der Waals surface area contributed by atoms with Crippen LogP contribution in [0.25, 0.3) is 26.2 Å². The molecule has 22 heavy (non-hydrogen) atoms. The van der Waals surface area contributed by atoms with Crippen molar-refractivity contribution in [2.24, 2.45) is 0 Å². The Morgan fingerprint density at radius 2 is 2.00 bits per heavy atom. The highest BCUT2D eigenvalue weighted by molar-refractivity contribution is 7.26. The van der Waals surface area contributed by atoms with Crippen molar-refractivity contribution in [3.63, 3.8) is 0 Å². The van der Waals surface area contributed by atoms with Gasteiger partial charge in [0.05, 0.1) is 0 Å². The first-order chi connectivity index (χ1) is 10.8. The molecule has 112 valence electrons. The van der Waals surface area contributed by atoms with Crippen molar-refractivity contribution in [1.82, 2.24) is 0 Å². The van der Waals surface area contributed by atoms with Gasteiger partial charge in [-0.25, -0.2) is 0 Å². The molecule has 0 saturated carbocycles. The lowest BCUT2D eigenvalue weighted by atomic mass is 9.97. The summed E-state index contributed by atoms with van der Waals surface area (Å²) in [4.78, 5) is 0. The Bertz CT molecular complexity index is 901. The summed E-state index contributed by atoms with van der Waals surface area (Å²) in [5.74, 6) is 0. The molecule has 0 aliphatic carbocycles. The van der Waals surface area contributed by atoms with Gasteiger partial charge in [-0.05, 0) is 19.4 Å². The summed E-state index contributed by atoms with van der Waals surface area (Å²) in [5.41, 5.74) is 4.51. The third-order valence-electron chi connectivity index (χ3n) is 4.91. The number of rotatable bonds is 2. The zero-order valence-corrected chi connectivity index (χ0v) is 14.3. The van der Waals surface area contributed by atoms with Crippen molar-refractivity contribution in [1.29, 1.82) is 0 Å². The van der Waals surface area contributed by atoms with Gasteiger partial charge in [0.2, 0.25) is 5.69 Å². The van der Waals surface area contributed by atoms with Crippen LogP contribution in [0, 0.1) is 0 Å². The fourth-order valence-electron chi connectivity index (χ4n) is 3.98. The van der Waals surface area contributed by atoms with E-state index in [1.807, 2.05) is 11.3 Å². The monoisotopic (exact) mass is 308 g/mol. The minimum absolute atomic E-state index is 0.565. The van der Waals surface area contributed by atoms with Crippen LogP contribution in [0.15, 0.2) is 30.3 Å². The van der Waals surface area contributed by atoms with Crippen molar-refractivity contribution in [3.05, 3.63) is 47.3 Å². The average Bonchev–Trinajstić information content (AvgIpc) is 2.93. The van der Waals surface area contributed by atoms with Crippen molar-refractivity contribution in [2.45, 2.75) is 46.1 Å². The Morgan fingerprint density at radius 1 is 1.18 bits per heavy atom. The smallest absolute Gasteiger partial charge is 0.192 e. The van der Waals surface area contributed by atoms with Crippen LogP contribution in [0.3, 0.4) is 0 Å². The van der Waals surface area contributed by atoms with Gasteiger partial charge in [0, 0.05) is 40.0 Å². The maximum absolute atomic E-state index is 2.61. The number of pyridine rings is 1. The van der Waals surface area contributed by atoms with E-state index < -0.39 is 0 Å². The van der Waals surface area contributed by atoms with Crippen LogP contribution in [-0.4, -0.2) is 0 Å². The number of aromatic nitrogens is 1. The molecule has 1 nitrogen and oxygen atoms in total. The number of hydrogen-bond acceptors (Lipinski definition) is 1. The lowest BCUT2D eigenvalue weighted by Gasteiger charge is -2.18. The summed E-state index contributed by atoms with van der Waals surface area (Å²) >= 11 is 1.95. The van der Waals surface area contributed by atoms with Gasteiger partial charge in [0.25, 0.3) is 0 Å². The molecule has 4 rings (SSSR count). The van der Waals surface area contributed by atoms with Crippen molar-refractivity contribution in [2.75, 3.05) is 0 Å². The van der Waals surface area contributed by atoms with Crippen LogP contribution in [0.4, 0.5) is 0 Å². The normalized spacial score (nSPS) is 17.3. The van der Waals surface area contributed by atoms with Crippen molar-refractivity contribution in [3.8, 4) is 0 Å². The van der Waals surface area contributed by atoms with Gasteiger partial charge < -0.3 is 0 Å². The summed E-state index contributed by atoms with van der Waals surface area (Å²) in [7, 11) is 0. The zero-order chi connectivity index (χ0) is 15.3. The van der Waals surface area contributed by atoms with Gasteiger partial charge in [-0.3, -0.25) is 0 Å². The molecule has 0 radical (unpaired) electrons. The molecule has 0 N–H and O–H groups in total. The first-order valence-corrected chi connectivity index (χ1v) is 9.14. The van der Waals surface area contributed by atoms with Gasteiger partial charge in [-0.15, -0.1) is 11.3 Å². The molecule has 1 atom stereocenters. The number of benzene rings is 1. The zero-order valence-electron chi connectivity index (χ0n) is 13.5. The predicted octanol–water partition coefficient (Wildman–Crippen LogP) is 5.44. The predicted molar refractivity (Wildman–Crippen MR) is 96.6 cm³/mol. The minimum atomic E-state index is 0.565. The van der Waals surface area contributed by atoms with Gasteiger partial charge >= 0.3 is 0 Å². The number of nitrogens with zero attached hydrogens (tertiary/aromatic N) is 1. The highest BCUT2D eigenvalue weighted by Crippen LogP contribution is 2.39. The molecule has 2 aromatic heterocycles. The van der Waals surface area contributed by atoms with E-state index in [1.54, 1.807) is 5.56 Å². The quantitative estimate of drug-likeness (QED) is 0.555. The second-order valence-electron chi connectivity index (χ2n) is 6.18. The van der Waals surface area contributed by atoms with E-state index in [0.29, 0.717) is 6.04 Å². The van der Waals surface area contributed by atoms with Crippen LogP contribution in [0.1, 0.15) is 50.2 Å². The molecule has 1 aliphatic heterocycles. The number of aryl methyl sites for hydroxylation is 1. The van der Waals surface area contributed by atoms with E-state index >= 15 is 0 Å². The average molecular weight is 308 g/mol. The Kier molecular flexibility index (Phi) is 3.30. The second-order valence-corrected chi connectivity index (χ2v) is 7.23. The maximum Gasteiger partial charge on any atom is 0.223 e. The highest BCUT2D eigenvalue weighted by atomic mass is 32.1. The Hall–Kier alpha value is -1.67. The number of thiophene rings is 1. The van der Waals surface area contributed by atoms with Crippen LogP contribution >= 0.6 is 11.3 Å². The Labute approximate surface area is 135 Å². The lowest BCUT2D eigenvalue weighted by molar-refractivity contribution is -0.727. The molecule has 0 saturated heterocycles. The van der Waals surface area contributed by atoms with Crippen molar-refractivity contribution >= 4 is 37.6 Å². The molecular formula is C20H22NS+. The third kappa shape index (κ3) is 1.80. The van der Waals surface area contributed by atoms with E-state index in [1.165, 1.54) is 31.6 Å². The number of fused-ring (bicyclic) bond motifs is 5. The van der Waals surface area contributed by atoms with E-state index in [2.05, 4.69) is 61.8 Å². The topological polar surface area (TPSA) is 3.88 Å². The van der Waals surface area contributed by atoms with Crippen molar-refractivity contribution < 1.29 is 4.57 Å².